The molecule has 0 aliphatic heterocycles. The molecular formula is C16H26N6S. The summed E-state index contributed by atoms with van der Waals surface area (Å²) >= 11 is 1.75. The number of aryl methyl sites for hydroxylation is 3. The first-order chi connectivity index (χ1) is 11.2. The number of hydrogen-bond acceptors (Lipinski definition) is 4. The number of nitrogens with zero attached hydrogens (tertiary/aromatic N) is 4. The number of aromatic nitrogens is 3. The van der Waals surface area contributed by atoms with E-state index >= 15 is 0 Å². The Bertz CT molecular complexity index is 616. The average molecular weight is 334 g/mol. The van der Waals surface area contributed by atoms with Crippen LogP contribution in [0.4, 0.5) is 0 Å². The maximum Gasteiger partial charge on any atom is 0.191 e. The summed E-state index contributed by atoms with van der Waals surface area (Å²) in [5.41, 5.74) is 1.20. The molecule has 126 valence electrons. The molecule has 2 heterocycles. The molecular weight excluding hydrogens is 308 g/mol. The third-order valence-corrected chi connectivity index (χ3v) is 4.19. The fourth-order valence-corrected chi connectivity index (χ4v) is 2.95. The maximum atomic E-state index is 4.61. The van der Waals surface area contributed by atoms with Crippen molar-refractivity contribution in [2.75, 3.05) is 19.6 Å². The quantitative estimate of drug-likeness (QED) is 0.441. The van der Waals surface area contributed by atoms with Crippen molar-refractivity contribution in [3.63, 3.8) is 0 Å². The summed E-state index contributed by atoms with van der Waals surface area (Å²) in [6.45, 7) is 9.60. The molecule has 0 bridgehead atoms. The lowest BCUT2D eigenvalue weighted by Crippen LogP contribution is -2.38. The second kappa shape index (κ2) is 9.29. The Morgan fingerprint density at radius 1 is 1.30 bits per heavy atom. The first-order valence-electron chi connectivity index (χ1n) is 8.10. The van der Waals surface area contributed by atoms with Gasteiger partial charge in [-0.3, -0.25) is 9.67 Å². The molecule has 0 saturated heterocycles. The summed E-state index contributed by atoms with van der Waals surface area (Å²) in [5, 5.41) is 12.1. The van der Waals surface area contributed by atoms with Crippen LogP contribution in [0.25, 0.3) is 0 Å². The number of hydrogen-bond donors (Lipinski definition) is 2. The predicted octanol–water partition coefficient (Wildman–Crippen LogP) is 2.14. The molecule has 0 atom stereocenters. The van der Waals surface area contributed by atoms with Crippen LogP contribution >= 0.6 is 11.3 Å². The van der Waals surface area contributed by atoms with E-state index in [1.807, 2.05) is 17.1 Å². The van der Waals surface area contributed by atoms with Gasteiger partial charge in [-0.15, -0.1) is 11.3 Å². The Morgan fingerprint density at radius 2 is 2.17 bits per heavy atom. The van der Waals surface area contributed by atoms with Crippen molar-refractivity contribution in [1.82, 2.24) is 25.4 Å². The molecule has 0 fully saturated rings. The van der Waals surface area contributed by atoms with Gasteiger partial charge in [-0.05, 0) is 32.8 Å². The molecule has 0 aliphatic rings. The van der Waals surface area contributed by atoms with Crippen LogP contribution in [0.5, 0.6) is 0 Å². The lowest BCUT2D eigenvalue weighted by molar-refractivity contribution is 0.583. The van der Waals surface area contributed by atoms with E-state index in [-0.39, 0.29) is 0 Å². The first-order valence-corrected chi connectivity index (χ1v) is 8.91. The molecule has 2 N–H and O–H groups in total. The summed E-state index contributed by atoms with van der Waals surface area (Å²) < 4.78 is 1.97. The van der Waals surface area contributed by atoms with Crippen LogP contribution in [0.1, 0.15) is 28.8 Å². The van der Waals surface area contributed by atoms with Gasteiger partial charge in [-0.2, -0.15) is 5.10 Å². The number of nitrogens with one attached hydrogen (secondary N) is 2. The van der Waals surface area contributed by atoms with Crippen molar-refractivity contribution in [2.45, 2.75) is 40.2 Å². The molecule has 0 saturated carbocycles. The topological polar surface area (TPSA) is 67.1 Å². The molecule has 6 nitrogen and oxygen atoms in total. The molecule has 2 rings (SSSR count). The van der Waals surface area contributed by atoms with Gasteiger partial charge in [0, 0.05) is 49.9 Å². The Labute approximate surface area is 142 Å². The maximum absolute atomic E-state index is 4.61. The van der Waals surface area contributed by atoms with Gasteiger partial charge in [0.1, 0.15) is 0 Å². The van der Waals surface area contributed by atoms with E-state index in [1.54, 1.807) is 11.3 Å². The molecule has 0 spiro atoms. The van der Waals surface area contributed by atoms with Crippen LogP contribution < -0.4 is 10.6 Å². The zero-order valence-electron chi connectivity index (χ0n) is 14.2. The van der Waals surface area contributed by atoms with Crippen molar-refractivity contribution in [3.8, 4) is 0 Å². The molecule has 0 unspecified atom stereocenters. The van der Waals surface area contributed by atoms with E-state index in [0.29, 0.717) is 0 Å². The van der Waals surface area contributed by atoms with Crippen molar-refractivity contribution in [3.05, 3.63) is 34.0 Å². The Morgan fingerprint density at radius 3 is 2.83 bits per heavy atom. The molecule has 0 aromatic carbocycles. The third-order valence-electron chi connectivity index (χ3n) is 3.22. The Kier molecular flexibility index (Phi) is 7.06. The fourth-order valence-electron chi connectivity index (χ4n) is 2.16. The lowest BCUT2D eigenvalue weighted by atomic mass is 10.4. The normalized spacial score (nSPS) is 11.7. The summed E-state index contributed by atoms with van der Waals surface area (Å²) in [5.74, 6) is 0.873. The zero-order valence-corrected chi connectivity index (χ0v) is 15.0. The van der Waals surface area contributed by atoms with E-state index in [9.17, 15) is 0 Å². The zero-order chi connectivity index (χ0) is 16.5. The van der Waals surface area contributed by atoms with Crippen LogP contribution in [0.2, 0.25) is 0 Å². The summed E-state index contributed by atoms with van der Waals surface area (Å²) in [7, 11) is 0. The molecule has 2 aromatic heterocycles. The van der Waals surface area contributed by atoms with Crippen LogP contribution in [-0.2, 0) is 13.0 Å². The monoisotopic (exact) mass is 334 g/mol. The lowest BCUT2D eigenvalue weighted by Gasteiger charge is -2.10. The minimum absolute atomic E-state index is 0.782. The van der Waals surface area contributed by atoms with Gasteiger partial charge < -0.3 is 10.6 Å². The Hall–Kier alpha value is -1.89. The van der Waals surface area contributed by atoms with Gasteiger partial charge >= 0.3 is 0 Å². The van der Waals surface area contributed by atoms with Gasteiger partial charge in [-0.1, -0.05) is 0 Å². The third kappa shape index (κ3) is 6.40. The smallest absolute Gasteiger partial charge is 0.191 e. The van der Waals surface area contributed by atoms with Crippen LogP contribution in [0.15, 0.2) is 23.6 Å². The fraction of sp³-hybridized carbons (Fsp3) is 0.562. The molecule has 0 radical (unpaired) electrons. The number of rotatable bonds is 8. The Balaban J connectivity index is 1.70. The van der Waals surface area contributed by atoms with Gasteiger partial charge in [0.05, 0.1) is 11.2 Å². The molecule has 0 aliphatic carbocycles. The standard InChI is InChI=1S/C16H26N6S/c1-4-17-16(19-8-6-15-20-11-14(3)23-15)18-7-5-9-22-12-13(2)10-21-22/h10-12H,4-9H2,1-3H3,(H2,17,18,19). The van der Waals surface area contributed by atoms with Crippen molar-refractivity contribution in [2.24, 2.45) is 4.99 Å². The van der Waals surface area contributed by atoms with E-state index in [1.165, 1.54) is 15.4 Å². The van der Waals surface area contributed by atoms with Gasteiger partial charge in [-0.25, -0.2) is 4.98 Å². The largest absolute Gasteiger partial charge is 0.357 e. The van der Waals surface area contributed by atoms with E-state index in [4.69, 9.17) is 0 Å². The number of guanidine groups is 1. The van der Waals surface area contributed by atoms with Gasteiger partial charge in [0.15, 0.2) is 5.96 Å². The SMILES string of the molecule is CCNC(=NCCCn1cc(C)cn1)NCCc1ncc(C)s1. The van der Waals surface area contributed by atoms with Crippen molar-refractivity contribution >= 4 is 17.3 Å². The number of aliphatic imine (C=N–C) groups is 1. The molecule has 7 heteroatoms. The van der Waals surface area contributed by atoms with Crippen LogP contribution in [-0.4, -0.2) is 40.4 Å². The van der Waals surface area contributed by atoms with E-state index < -0.39 is 0 Å². The first kappa shape index (κ1) is 17.5. The highest BCUT2D eigenvalue weighted by Crippen LogP contribution is 2.10. The number of thiazole rings is 1. The van der Waals surface area contributed by atoms with Crippen molar-refractivity contribution in [1.29, 1.82) is 0 Å². The average Bonchev–Trinajstić information content (AvgIpc) is 3.12. The minimum Gasteiger partial charge on any atom is -0.357 e. The van der Waals surface area contributed by atoms with Gasteiger partial charge in [0.25, 0.3) is 0 Å². The van der Waals surface area contributed by atoms with Gasteiger partial charge in [0.2, 0.25) is 0 Å². The summed E-state index contributed by atoms with van der Waals surface area (Å²) in [6, 6.07) is 0. The summed E-state index contributed by atoms with van der Waals surface area (Å²) in [4.78, 5) is 10.2. The molecule has 2 aromatic rings. The van der Waals surface area contributed by atoms with Crippen LogP contribution in [0, 0.1) is 13.8 Å². The minimum atomic E-state index is 0.782. The van der Waals surface area contributed by atoms with Crippen LogP contribution in [0.3, 0.4) is 0 Å². The highest BCUT2D eigenvalue weighted by Gasteiger charge is 2.01. The molecule has 0 amide bonds. The highest BCUT2D eigenvalue weighted by molar-refractivity contribution is 7.11. The molecule has 23 heavy (non-hydrogen) atoms. The second-order valence-electron chi connectivity index (χ2n) is 5.44. The second-order valence-corrected chi connectivity index (χ2v) is 6.76. The van der Waals surface area contributed by atoms with E-state index in [2.05, 4.69) is 52.7 Å². The van der Waals surface area contributed by atoms with Crippen molar-refractivity contribution < 1.29 is 0 Å². The van der Waals surface area contributed by atoms with E-state index in [0.717, 1.165) is 45.0 Å². The highest BCUT2D eigenvalue weighted by atomic mass is 32.1. The predicted molar refractivity (Wildman–Crippen MR) is 96.1 cm³/mol. The summed E-state index contributed by atoms with van der Waals surface area (Å²) in [6.07, 6.45) is 7.77.